The van der Waals surface area contributed by atoms with E-state index < -0.39 is 0 Å². The fourth-order valence-corrected chi connectivity index (χ4v) is 10.2. The van der Waals surface area contributed by atoms with Crippen molar-refractivity contribution in [3.8, 4) is 91.3 Å². The van der Waals surface area contributed by atoms with E-state index in [9.17, 15) is 21.0 Å². The molecule has 338 valence electrons. The standard InChI is InChI=1S/C66H34N8/c1-71-53-21-11-45(12-22-53)49-19-29-59-57-27-17-47(43-7-3-41(37-67)4-8-43)31-63(57)73(65(59)33-49)55-25-15-51(39-69)61(35-55)62-36-56(26-16-52(62)40-70)74-64-32-48(44-9-5-42(38-68)6-10-44)18-28-58(64)60-30-20-50(34-66(60)74)46-13-23-54(72-2)24-14-46/h3-36H. The molecule has 8 heteroatoms. The van der Waals surface area contributed by atoms with E-state index in [1.807, 2.05) is 133 Å². The average molecular weight is 939 g/mol. The number of aromatic nitrogens is 2. The van der Waals surface area contributed by atoms with Gasteiger partial charge in [0.1, 0.15) is 0 Å². The monoisotopic (exact) mass is 938 g/mol. The maximum atomic E-state index is 10.9. The first-order chi connectivity index (χ1) is 36.4. The van der Waals surface area contributed by atoms with Gasteiger partial charge in [-0.3, -0.25) is 0 Å². The number of fused-ring (bicyclic) bond motifs is 6. The molecule has 12 aromatic rings. The van der Waals surface area contributed by atoms with Crippen LogP contribution in [-0.2, 0) is 0 Å². The Morgan fingerprint density at radius 1 is 0.297 bits per heavy atom. The van der Waals surface area contributed by atoms with Crippen molar-refractivity contribution in [3.63, 3.8) is 0 Å². The Morgan fingerprint density at radius 3 is 0.851 bits per heavy atom. The Bertz CT molecular complexity index is 4040. The van der Waals surface area contributed by atoms with Crippen LogP contribution in [0.1, 0.15) is 22.3 Å². The molecule has 0 amide bonds. The van der Waals surface area contributed by atoms with E-state index in [0.29, 0.717) is 44.8 Å². The predicted molar refractivity (Wildman–Crippen MR) is 294 cm³/mol. The summed E-state index contributed by atoms with van der Waals surface area (Å²) in [6.07, 6.45) is 0. The number of hydrogen-bond donors (Lipinski definition) is 0. The molecular weight excluding hydrogens is 905 g/mol. The van der Waals surface area contributed by atoms with E-state index in [-0.39, 0.29) is 0 Å². The first-order valence-electron chi connectivity index (χ1n) is 23.6. The minimum Gasteiger partial charge on any atom is -0.309 e. The maximum absolute atomic E-state index is 10.9. The highest BCUT2D eigenvalue weighted by Crippen LogP contribution is 2.42. The van der Waals surface area contributed by atoms with Crippen LogP contribution in [-0.4, -0.2) is 9.13 Å². The minimum absolute atomic E-state index is 0.400. The van der Waals surface area contributed by atoms with Gasteiger partial charge in [-0.25, -0.2) is 9.69 Å². The number of nitriles is 4. The molecule has 2 aromatic heterocycles. The topological polar surface area (TPSA) is 114 Å². The quantitative estimate of drug-likeness (QED) is 0.148. The molecule has 0 saturated carbocycles. The van der Waals surface area contributed by atoms with E-state index in [4.69, 9.17) is 13.1 Å². The van der Waals surface area contributed by atoms with Gasteiger partial charge in [0.25, 0.3) is 0 Å². The van der Waals surface area contributed by atoms with Crippen LogP contribution in [0.4, 0.5) is 11.4 Å². The number of benzene rings is 10. The Hall–Kier alpha value is -11.3. The molecule has 2 heterocycles. The summed E-state index contributed by atoms with van der Waals surface area (Å²) in [5.41, 5.74) is 17.2. The van der Waals surface area contributed by atoms with Crippen molar-refractivity contribution >= 4 is 55.0 Å². The lowest BCUT2D eigenvalue weighted by Gasteiger charge is -2.16. The second-order valence-electron chi connectivity index (χ2n) is 18.0. The summed E-state index contributed by atoms with van der Waals surface area (Å²) in [4.78, 5) is 7.19. The summed E-state index contributed by atoms with van der Waals surface area (Å²) in [7, 11) is 0. The second kappa shape index (κ2) is 17.9. The molecule has 0 N–H and O–H groups in total. The zero-order chi connectivity index (χ0) is 50.5. The molecule has 0 atom stereocenters. The van der Waals surface area contributed by atoms with Gasteiger partial charge >= 0.3 is 0 Å². The summed E-state index contributed by atoms with van der Waals surface area (Å²) in [6, 6.07) is 76.6. The molecule has 74 heavy (non-hydrogen) atoms. The van der Waals surface area contributed by atoms with Crippen molar-refractivity contribution in [2.75, 3.05) is 0 Å². The van der Waals surface area contributed by atoms with E-state index in [2.05, 4.69) is 116 Å². The molecule has 0 aliphatic carbocycles. The maximum Gasteiger partial charge on any atom is 0.187 e. The lowest BCUT2D eigenvalue weighted by atomic mass is 9.94. The third-order valence-electron chi connectivity index (χ3n) is 13.9. The fourth-order valence-electron chi connectivity index (χ4n) is 10.2. The number of hydrogen-bond acceptors (Lipinski definition) is 4. The molecular formula is C66H34N8. The summed E-state index contributed by atoms with van der Waals surface area (Å²) >= 11 is 0. The van der Waals surface area contributed by atoms with Crippen molar-refractivity contribution in [2.24, 2.45) is 0 Å². The van der Waals surface area contributed by atoms with Crippen molar-refractivity contribution < 1.29 is 0 Å². The third-order valence-corrected chi connectivity index (χ3v) is 13.9. The van der Waals surface area contributed by atoms with E-state index in [1.165, 1.54) is 0 Å². The molecule has 0 aliphatic heterocycles. The largest absolute Gasteiger partial charge is 0.309 e. The molecule has 8 nitrogen and oxygen atoms in total. The van der Waals surface area contributed by atoms with Gasteiger partial charge in [-0.2, -0.15) is 21.0 Å². The third kappa shape index (κ3) is 7.44. The van der Waals surface area contributed by atoms with Crippen LogP contribution in [0.15, 0.2) is 206 Å². The molecule has 0 unspecified atom stereocenters. The van der Waals surface area contributed by atoms with E-state index >= 15 is 0 Å². The zero-order valence-electron chi connectivity index (χ0n) is 39.2. The number of rotatable bonds is 7. The van der Waals surface area contributed by atoms with Gasteiger partial charge in [-0.1, -0.05) is 121 Å². The zero-order valence-corrected chi connectivity index (χ0v) is 39.2. The van der Waals surface area contributed by atoms with Crippen LogP contribution in [0.2, 0.25) is 0 Å². The highest BCUT2D eigenvalue weighted by Gasteiger charge is 2.21. The first-order valence-corrected chi connectivity index (χ1v) is 23.6. The van der Waals surface area contributed by atoms with Crippen molar-refractivity contribution in [3.05, 3.63) is 251 Å². The molecule has 0 radical (unpaired) electrons. The number of nitrogens with zero attached hydrogens (tertiary/aromatic N) is 8. The van der Waals surface area contributed by atoms with Crippen molar-refractivity contribution in [1.82, 2.24) is 9.13 Å². The van der Waals surface area contributed by atoms with Gasteiger partial charge in [-0.05, 0) is 129 Å². The molecule has 0 fully saturated rings. The summed E-state index contributed by atoms with van der Waals surface area (Å²) in [6.45, 7) is 15.0. The van der Waals surface area contributed by atoms with Crippen LogP contribution in [0.3, 0.4) is 0 Å². The first kappa shape index (κ1) is 44.0. The summed E-state index contributed by atoms with van der Waals surface area (Å²) in [5.74, 6) is 0. The Kier molecular flexibility index (Phi) is 10.7. The molecule has 10 aromatic carbocycles. The highest BCUT2D eigenvalue weighted by atomic mass is 15.0. The normalized spacial score (nSPS) is 10.9. The van der Waals surface area contributed by atoms with Gasteiger partial charge in [0, 0.05) is 44.0 Å². The van der Waals surface area contributed by atoms with Gasteiger partial charge in [-0.15, -0.1) is 0 Å². The van der Waals surface area contributed by atoms with E-state index in [0.717, 1.165) is 99.5 Å². The van der Waals surface area contributed by atoms with Crippen LogP contribution in [0, 0.1) is 58.5 Å². The molecule has 12 rings (SSSR count). The average Bonchev–Trinajstić information content (AvgIpc) is 3.98. The highest BCUT2D eigenvalue weighted by molar-refractivity contribution is 6.12. The molecule has 0 saturated heterocycles. The Morgan fingerprint density at radius 2 is 0.581 bits per heavy atom. The smallest absolute Gasteiger partial charge is 0.187 e. The van der Waals surface area contributed by atoms with Gasteiger partial charge in [0.15, 0.2) is 11.4 Å². The molecule has 0 bridgehead atoms. The van der Waals surface area contributed by atoms with Crippen LogP contribution in [0.5, 0.6) is 0 Å². The summed E-state index contributed by atoms with van der Waals surface area (Å²) < 4.78 is 4.42. The van der Waals surface area contributed by atoms with Gasteiger partial charge < -0.3 is 9.13 Å². The lowest BCUT2D eigenvalue weighted by molar-refractivity contribution is 1.17. The lowest BCUT2D eigenvalue weighted by Crippen LogP contribution is -1.99. The van der Waals surface area contributed by atoms with E-state index in [1.54, 1.807) is 0 Å². The van der Waals surface area contributed by atoms with Gasteiger partial charge in [0.2, 0.25) is 0 Å². The predicted octanol–water partition coefficient (Wildman–Crippen LogP) is 16.8. The van der Waals surface area contributed by atoms with Crippen LogP contribution in [0.25, 0.3) is 120 Å². The molecule has 0 aliphatic rings. The molecule has 0 spiro atoms. The van der Waals surface area contributed by atoms with Crippen LogP contribution < -0.4 is 0 Å². The summed E-state index contributed by atoms with van der Waals surface area (Å²) in [5, 5.41) is 44.9. The fraction of sp³-hybridized carbons (Fsp3) is 0. The Balaban J connectivity index is 1.08. The van der Waals surface area contributed by atoms with Crippen molar-refractivity contribution in [2.45, 2.75) is 0 Å². The second-order valence-corrected chi connectivity index (χ2v) is 18.0. The van der Waals surface area contributed by atoms with Crippen LogP contribution >= 0.6 is 0 Å². The van der Waals surface area contributed by atoms with Gasteiger partial charge in [0.05, 0.1) is 81.7 Å². The SMILES string of the molecule is [C-]#[N+]c1ccc(-c2ccc3c4ccc(-c5ccc(C#N)cc5)cc4n(-c4ccc(C#N)c(-c5cc(-n6c7cc(-c8ccc(C#N)cc8)ccc7c7ccc(-c8ccc([N+]#[C-])cc8)cc76)ccc5C#N)c4)c3c2)cc1. The Labute approximate surface area is 425 Å². The minimum atomic E-state index is 0.400. The van der Waals surface area contributed by atoms with Crippen molar-refractivity contribution in [1.29, 1.82) is 21.0 Å².